The monoisotopic (exact) mass is 547 g/mol. The van der Waals surface area contributed by atoms with Gasteiger partial charge in [-0.2, -0.15) is 0 Å². The van der Waals surface area contributed by atoms with Crippen molar-refractivity contribution in [3.63, 3.8) is 0 Å². The first-order chi connectivity index (χ1) is 14.9. The van der Waals surface area contributed by atoms with Gasteiger partial charge in [-0.3, -0.25) is 8.32 Å². The molecule has 0 aromatic carbocycles. The van der Waals surface area contributed by atoms with Crippen molar-refractivity contribution in [1.82, 2.24) is 13.4 Å². The number of rotatable bonds is 4. The third kappa shape index (κ3) is 3.84. The summed E-state index contributed by atoms with van der Waals surface area (Å²) in [7, 11) is 0. The van der Waals surface area contributed by atoms with Crippen LogP contribution < -0.4 is 8.27 Å². The van der Waals surface area contributed by atoms with Crippen molar-refractivity contribution in [3.05, 3.63) is 23.9 Å². The highest BCUT2D eigenvalue weighted by Gasteiger charge is 2.59. The third-order valence-electron chi connectivity index (χ3n) is 7.45. The van der Waals surface area contributed by atoms with Gasteiger partial charge < -0.3 is 14.4 Å². The van der Waals surface area contributed by atoms with Gasteiger partial charge >= 0.3 is 6.09 Å². The molecule has 4 saturated carbocycles. The maximum absolute atomic E-state index is 13.8. The average Bonchev–Trinajstić information content (AvgIpc) is 3.20. The van der Waals surface area contributed by atoms with E-state index in [9.17, 15) is 18.4 Å². The Morgan fingerprint density at radius 1 is 1.23 bits per heavy atom. The van der Waals surface area contributed by atoms with Crippen LogP contribution in [-0.2, 0) is 9.53 Å². The fourth-order valence-electron chi connectivity index (χ4n) is 6.38. The number of nitrogens with one attached hydrogen (secondary N) is 1. The van der Waals surface area contributed by atoms with E-state index in [4.69, 9.17) is 9.47 Å². The highest BCUT2D eigenvalue weighted by molar-refractivity contribution is 14.1. The molecule has 2 amide bonds. The topological polar surface area (TPSA) is 80.8 Å². The van der Waals surface area contributed by atoms with Crippen LogP contribution in [0, 0.1) is 34.8 Å². The van der Waals surface area contributed by atoms with Gasteiger partial charge in [0.1, 0.15) is 18.0 Å². The van der Waals surface area contributed by atoms with Gasteiger partial charge in [-0.15, -0.1) is 0 Å². The van der Waals surface area contributed by atoms with E-state index in [1.54, 1.807) is 4.90 Å². The van der Waals surface area contributed by atoms with Gasteiger partial charge in [0.05, 0.1) is 41.0 Å². The van der Waals surface area contributed by atoms with Crippen LogP contribution in [0.2, 0.25) is 0 Å². The Morgan fingerprint density at radius 2 is 1.97 bits per heavy atom. The van der Waals surface area contributed by atoms with Gasteiger partial charge in [0.15, 0.2) is 5.82 Å². The van der Waals surface area contributed by atoms with E-state index in [0.717, 1.165) is 44.4 Å². The van der Waals surface area contributed by atoms with Crippen molar-refractivity contribution in [3.8, 4) is 5.88 Å². The highest BCUT2D eigenvalue weighted by Crippen LogP contribution is 2.61. The number of hydrogen-bond acceptors (Lipinski definition) is 5. The van der Waals surface area contributed by atoms with E-state index in [1.807, 2.05) is 22.9 Å². The van der Waals surface area contributed by atoms with E-state index in [0.29, 0.717) is 18.9 Å². The van der Waals surface area contributed by atoms with E-state index in [-0.39, 0.29) is 47.8 Å². The Labute approximate surface area is 192 Å². The Kier molecular flexibility index (Phi) is 5.46. The van der Waals surface area contributed by atoms with E-state index in [1.165, 1.54) is 0 Å². The molecule has 3 atom stereocenters. The van der Waals surface area contributed by atoms with Crippen molar-refractivity contribution in [2.75, 3.05) is 13.1 Å². The zero-order valence-electron chi connectivity index (χ0n) is 16.9. The van der Waals surface area contributed by atoms with E-state index in [2.05, 4.69) is 8.51 Å². The number of aromatic nitrogens is 1. The second kappa shape index (κ2) is 8.00. The maximum Gasteiger partial charge on any atom is 0.410 e. The lowest BCUT2D eigenvalue weighted by molar-refractivity contribution is -0.162. The predicted octanol–water partition coefficient (Wildman–Crippen LogP) is 3.61. The molecule has 2 heterocycles. The SMILES string of the molecule is O=C(OC1C2CC3CC1CC(C(=O)NI)(C3)C2)N1CCC(Oc2ncc(F)cc2F)C1. The number of pyridine rings is 1. The fraction of sp³-hybridized carbons (Fsp3) is 0.667. The number of halogens is 3. The molecule has 31 heavy (non-hydrogen) atoms. The summed E-state index contributed by atoms with van der Waals surface area (Å²) in [6.45, 7) is 0.710. The van der Waals surface area contributed by atoms with Crippen molar-refractivity contribution in [1.29, 1.82) is 0 Å². The van der Waals surface area contributed by atoms with Gasteiger partial charge in [0.2, 0.25) is 5.91 Å². The van der Waals surface area contributed by atoms with Crippen LogP contribution in [0.3, 0.4) is 0 Å². The first-order valence-corrected chi connectivity index (χ1v) is 11.8. The molecule has 3 unspecified atom stereocenters. The molecule has 4 aliphatic carbocycles. The molecule has 4 bridgehead atoms. The lowest BCUT2D eigenvalue weighted by atomic mass is 9.48. The van der Waals surface area contributed by atoms with Crippen LogP contribution in [-0.4, -0.2) is 47.2 Å². The molecule has 1 saturated heterocycles. The summed E-state index contributed by atoms with van der Waals surface area (Å²) in [6, 6.07) is 0.723. The van der Waals surface area contributed by atoms with Crippen LogP contribution >= 0.6 is 22.9 Å². The van der Waals surface area contributed by atoms with Crippen LogP contribution in [0.1, 0.15) is 38.5 Å². The summed E-state index contributed by atoms with van der Waals surface area (Å²) in [5.41, 5.74) is -0.306. The highest BCUT2D eigenvalue weighted by atomic mass is 127. The molecule has 5 fully saturated rings. The number of likely N-dealkylation sites (tertiary alicyclic amines) is 1. The first kappa shape index (κ1) is 21.1. The Hall–Kier alpha value is -1.72. The molecular formula is C21H24F2IN3O4. The van der Waals surface area contributed by atoms with Crippen molar-refractivity contribution in [2.24, 2.45) is 23.2 Å². The molecule has 6 rings (SSSR count). The molecule has 1 aromatic rings. The van der Waals surface area contributed by atoms with E-state index < -0.39 is 17.7 Å². The number of ether oxygens (including phenoxy) is 2. The first-order valence-electron chi connectivity index (χ1n) is 10.7. The van der Waals surface area contributed by atoms with Crippen LogP contribution in [0.4, 0.5) is 13.6 Å². The number of nitrogens with zero attached hydrogens (tertiary/aromatic N) is 2. The smallest absolute Gasteiger partial charge is 0.410 e. The molecule has 168 valence electrons. The van der Waals surface area contributed by atoms with Crippen molar-refractivity contribution >= 4 is 34.9 Å². The van der Waals surface area contributed by atoms with Gasteiger partial charge in [-0.1, -0.05) is 0 Å². The van der Waals surface area contributed by atoms with Gasteiger partial charge in [-0.25, -0.2) is 18.6 Å². The molecule has 7 nitrogen and oxygen atoms in total. The molecular weight excluding hydrogens is 523 g/mol. The summed E-state index contributed by atoms with van der Waals surface area (Å²) >= 11 is 1.92. The largest absolute Gasteiger partial charge is 0.470 e. The zero-order chi connectivity index (χ0) is 21.8. The Bertz CT molecular complexity index is 887. The second-order valence-corrected chi connectivity index (χ2v) is 9.98. The summed E-state index contributed by atoms with van der Waals surface area (Å²) < 4.78 is 41.1. The summed E-state index contributed by atoms with van der Waals surface area (Å²) in [5, 5.41) is 0. The molecule has 0 spiro atoms. The minimum atomic E-state index is -0.862. The van der Waals surface area contributed by atoms with Crippen LogP contribution in [0.5, 0.6) is 5.88 Å². The summed E-state index contributed by atoms with van der Waals surface area (Å²) in [4.78, 5) is 30.6. The number of carbonyl (C=O) groups is 2. The molecule has 0 radical (unpaired) electrons. The Morgan fingerprint density at radius 3 is 2.65 bits per heavy atom. The lowest BCUT2D eigenvalue weighted by Gasteiger charge is -2.58. The van der Waals surface area contributed by atoms with Gasteiger partial charge in [0, 0.05) is 19.0 Å². The molecule has 1 N–H and O–H groups in total. The van der Waals surface area contributed by atoms with Crippen LogP contribution in [0.15, 0.2) is 12.3 Å². The quantitative estimate of drug-likeness (QED) is 0.461. The van der Waals surface area contributed by atoms with Crippen molar-refractivity contribution in [2.45, 2.75) is 50.7 Å². The number of hydrogen-bond donors (Lipinski definition) is 1. The zero-order valence-corrected chi connectivity index (χ0v) is 19.0. The lowest BCUT2D eigenvalue weighted by Crippen LogP contribution is -2.59. The standard InChI is InChI=1S/C21H24F2IN3O4/c22-14-5-16(23)18(25-9-14)30-15-1-2-27(10-15)20(29)31-17-12-3-11-4-13(17)8-21(6-11,7-12)19(28)26-24/h5,9,11-13,15,17H,1-4,6-8,10H2,(H,26,28). The van der Waals surface area contributed by atoms with Gasteiger partial charge in [-0.05, 0) is 49.9 Å². The molecule has 1 aliphatic heterocycles. The second-order valence-electron chi connectivity index (χ2n) is 9.44. The molecule has 10 heteroatoms. The minimum Gasteiger partial charge on any atom is -0.470 e. The number of amides is 2. The number of carbonyl (C=O) groups excluding carboxylic acids is 2. The van der Waals surface area contributed by atoms with Crippen LogP contribution in [0.25, 0.3) is 0 Å². The fourth-order valence-corrected chi connectivity index (χ4v) is 6.95. The Balaban J connectivity index is 1.19. The van der Waals surface area contributed by atoms with Crippen molar-refractivity contribution < 1.29 is 27.8 Å². The minimum absolute atomic E-state index is 0.110. The molecule has 5 aliphatic rings. The maximum atomic E-state index is 13.8. The predicted molar refractivity (Wildman–Crippen MR) is 113 cm³/mol. The summed E-state index contributed by atoms with van der Waals surface area (Å²) in [6.07, 6.45) is 4.95. The summed E-state index contributed by atoms with van der Waals surface area (Å²) in [5.74, 6) is -0.815. The average molecular weight is 547 g/mol. The third-order valence-corrected chi connectivity index (χ3v) is 7.94. The van der Waals surface area contributed by atoms with E-state index >= 15 is 0 Å². The van der Waals surface area contributed by atoms with Gasteiger partial charge in [0.25, 0.3) is 5.88 Å². The normalized spacial score (nSPS) is 35.8. The molecule has 1 aromatic heterocycles.